The van der Waals surface area contributed by atoms with Gasteiger partial charge in [0.25, 0.3) is 5.69 Å². The zero-order chi connectivity index (χ0) is 20.4. The van der Waals surface area contributed by atoms with Gasteiger partial charge in [-0.2, -0.15) is 0 Å². The van der Waals surface area contributed by atoms with Crippen molar-refractivity contribution in [3.8, 4) is 34.0 Å². The van der Waals surface area contributed by atoms with E-state index in [1.807, 2.05) is 48.5 Å². The maximum atomic E-state index is 11.5. The van der Waals surface area contributed by atoms with Gasteiger partial charge < -0.3 is 9.47 Å². The molecule has 0 spiro atoms. The molecule has 4 rings (SSSR count). The first-order valence-corrected chi connectivity index (χ1v) is 8.84. The summed E-state index contributed by atoms with van der Waals surface area (Å²) in [5.41, 5.74) is 3.43. The number of nitro benzene ring substituents is 1. The Labute approximate surface area is 166 Å². The Hall–Kier alpha value is -4.00. The molecule has 3 aromatic carbocycles. The summed E-state index contributed by atoms with van der Waals surface area (Å²) in [6.45, 7) is 0. The third kappa shape index (κ3) is 3.45. The molecular formula is C22H17N3O4. The van der Waals surface area contributed by atoms with E-state index in [1.165, 1.54) is 6.07 Å². The number of para-hydroxylation sites is 1. The monoisotopic (exact) mass is 387 g/mol. The van der Waals surface area contributed by atoms with Gasteiger partial charge in [0, 0.05) is 17.2 Å². The summed E-state index contributed by atoms with van der Waals surface area (Å²) in [4.78, 5) is 20.4. The van der Waals surface area contributed by atoms with Crippen LogP contribution in [0.2, 0.25) is 0 Å². The van der Waals surface area contributed by atoms with Crippen LogP contribution in [0.15, 0.2) is 66.7 Å². The lowest BCUT2D eigenvalue weighted by Gasteiger charge is -2.11. The van der Waals surface area contributed by atoms with Crippen molar-refractivity contribution in [2.24, 2.45) is 0 Å². The van der Waals surface area contributed by atoms with Gasteiger partial charge in [-0.3, -0.25) is 10.1 Å². The summed E-state index contributed by atoms with van der Waals surface area (Å²) in [6.07, 6.45) is 0. The first-order valence-electron chi connectivity index (χ1n) is 8.84. The molecule has 4 aromatic rings. The molecule has 0 radical (unpaired) electrons. The summed E-state index contributed by atoms with van der Waals surface area (Å²) >= 11 is 0. The minimum atomic E-state index is -0.443. The average Bonchev–Trinajstić information content (AvgIpc) is 2.77. The minimum absolute atomic E-state index is 0.0777. The number of nitrogens with zero attached hydrogens (tertiary/aromatic N) is 3. The zero-order valence-corrected chi connectivity index (χ0v) is 15.8. The highest BCUT2D eigenvalue weighted by Crippen LogP contribution is 2.34. The lowest BCUT2D eigenvalue weighted by Crippen LogP contribution is -1.99. The van der Waals surface area contributed by atoms with Crippen molar-refractivity contribution in [1.29, 1.82) is 0 Å². The normalized spacial score (nSPS) is 10.7. The van der Waals surface area contributed by atoms with Gasteiger partial charge in [-0.1, -0.05) is 6.07 Å². The van der Waals surface area contributed by atoms with Crippen molar-refractivity contribution in [2.75, 3.05) is 14.2 Å². The maximum absolute atomic E-state index is 11.5. The highest BCUT2D eigenvalue weighted by Gasteiger charge is 2.19. The lowest BCUT2D eigenvalue weighted by molar-refractivity contribution is -0.383. The molecule has 0 aliphatic rings. The van der Waals surface area contributed by atoms with Crippen LogP contribution in [-0.4, -0.2) is 29.1 Å². The van der Waals surface area contributed by atoms with E-state index in [4.69, 9.17) is 14.5 Å². The number of non-ortho nitro benzene ring substituents is 1. The molecule has 144 valence electrons. The quantitative estimate of drug-likeness (QED) is 0.358. The van der Waals surface area contributed by atoms with E-state index >= 15 is 0 Å². The SMILES string of the molecule is COc1ccc(-c2nc3cccc([N+](=O)[O-])c3nc2-c2ccc(OC)cc2)cc1. The molecule has 7 nitrogen and oxygen atoms in total. The Morgan fingerprint density at radius 1 is 0.759 bits per heavy atom. The Morgan fingerprint density at radius 3 is 1.76 bits per heavy atom. The number of aromatic nitrogens is 2. The third-order valence-corrected chi connectivity index (χ3v) is 4.60. The van der Waals surface area contributed by atoms with Crippen LogP contribution in [0.4, 0.5) is 5.69 Å². The molecule has 0 aliphatic heterocycles. The van der Waals surface area contributed by atoms with Gasteiger partial charge in [-0.25, -0.2) is 9.97 Å². The van der Waals surface area contributed by atoms with Gasteiger partial charge in [-0.05, 0) is 54.6 Å². The molecule has 0 saturated carbocycles. The van der Waals surface area contributed by atoms with Crippen LogP contribution < -0.4 is 9.47 Å². The molecule has 0 atom stereocenters. The first kappa shape index (κ1) is 18.4. The number of fused-ring (bicyclic) bond motifs is 1. The maximum Gasteiger partial charge on any atom is 0.297 e. The van der Waals surface area contributed by atoms with Crippen LogP contribution in [-0.2, 0) is 0 Å². The second-order valence-corrected chi connectivity index (χ2v) is 6.28. The second kappa shape index (κ2) is 7.55. The number of hydrogen-bond acceptors (Lipinski definition) is 6. The number of nitro groups is 1. The number of ether oxygens (including phenoxy) is 2. The van der Waals surface area contributed by atoms with E-state index in [0.29, 0.717) is 22.7 Å². The van der Waals surface area contributed by atoms with Gasteiger partial charge in [0.1, 0.15) is 11.5 Å². The van der Waals surface area contributed by atoms with E-state index < -0.39 is 4.92 Å². The standard InChI is InChI=1S/C22H17N3O4/c1-28-16-10-6-14(7-11-16)20-21(15-8-12-17(29-2)13-9-15)24-22-18(23-20)4-3-5-19(22)25(26)27/h3-13H,1-2H3. The molecule has 0 N–H and O–H groups in total. The summed E-state index contributed by atoms with van der Waals surface area (Å²) in [5, 5.41) is 11.5. The van der Waals surface area contributed by atoms with Crippen LogP contribution in [0.1, 0.15) is 0 Å². The summed E-state index contributed by atoms with van der Waals surface area (Å²) in [7, 11) is 3.20. The molecule has 0 aliphatic carbocycles. The number of rotatable bonds is 5. The number of methoxy groups -OCH3 is 2. The van der Waals surface area contributed by atoms with E-state index in [9.17, 15) is 10.1 Å². The molecule has 0 amide bonds. The molecule has 0 bridgehead atoms. The zero-order valence-electron chi connectivity index (χ0n) is 15.8. The predicted molar refractivity (Wildman–Crippen MR) is 110 cm³/mol. The summed E-state index contributed by atoms with van der Waals surface area (Å²) < 4.78 is 10.5. The number of benzene rings is 3. The van der Waals surface area contributed by atoms with Crippen molar-refractivity contribution in [3.05, 3.63) is 76.8 Å². The Morgan fingerprint density at radius 2 is 1.28 bits per heavy atom. The summed E-state index contributed by atoms with van der Waals surface area (Å²) in [6, 6.07) is 19.6. The van der Waals surface area contributed by atoms with Gasteiger partial charge in [0.15, 0.2) is 5.52 Å². The molecule has 0 fully saturated rings. The average molecular weight is 387 g/mol. The minimum Gasteiger partial charge on any atom is -0.497 e. The highest BCUT2D eigenvalue weighted by molar-refractivity contribution is 5.90. The fourth-order valence-corrected chi connectivity index (χ4v) is 3.11. The Bertz CT molecular complexity index is 1190. The fraction of sp³-hybridized carbons (Fsp3) is 0.0909. The second-order valence-electron chi connectivity index (χ2n) is 6.28. The highest BCUT2D eigenvalue weighted by atomic mass is 16.6. The van der Waals surface area contributed by atoms with Gasteiger partial charge in [-0.15, -0.1) is 0 Å². The number of hydrogen-bond donors (Lipinski definition) is 0. The summed E-state index contributed by atoms with van der Waals surface area (Å²) in [5.74, 6) is 1.43. The van der Waals surface area contributed by atoms with E-state index in [-0.39, 0.29) is 11.2 Å². The van der Waals surface area contributed by atoms with Gasteiger partial charge in [0.2, 0.25) is 0 Å². The largest absolute Gasteiger partial charge is 0.497 e. The molecular weight excluding hydrogens is 370 g/mol. The Balaban J connectivity index is 1.99. The van der Waals surface area contributed by atoms with Gasteiger partial charge >= 0.3 is 0 Å². The fourth-order valence-electron chi connectivity index (χ4n) is 3.11. The van der Waals surface area contributed by atoms with Crippen molar-refractivity contribution >= 4 is 16.7 Å². The van der Waals surface area contributed by atoms with Crippen molar-refractivity contribution in [2.45, 2.75) is 0 Å². The van der Waals surface area contributed by atoms with Crippen LogP contribution in [0.3, 0.4) is 0 Å². The third-order valence-electron chi connectivity index (χ3n) is 4.60. The molecule has 0 saturated heterocycles. The van der Waals surface area contributed by atoms with Crippen LogP contribution in [0.25, 0.3) is 33.5 Å². The van der Waals surface area contributed by atoms with Gasteiger partial charge in [0.05, 0.1) is 36.0 Å². The topological polar surface area (TPSA) is 87.4 Å². The predicted octanol–water partition coefficient (Wildman–Crippen LogP) is 4.89. The molecule has 1 heterocycles. The van der Waals surface area contributed by atoms with E-state index in [0.717, 1.165) is 16.9 Å². The molecule has 7 heteroatoms. The smallest absolute Gasteiger partial charge is 0.297 e. The van der Waals surface area contributed by atoms with Crippen LogP contribution >= 0.6 is 0 Å². The molecule has 1 aromatic heterocycles. The van der Waals surface area contributed by atoms with Crippen LogP contribution in [0.5, 0.6) is 11.5 Å². The van der Waals surface area contributed by atoms with Crippen molar-refractivity contribution in [1.82, 2.24) is 9.97 Å². The Kier molecular flexibility index (Phi) is 4.78. The van der Waals surface area contributed by atoms with Crippen molar-refractivity contribution in [3.63, 3.8) is 0 Å². The molecule has 29 heavy (non-hydrogen) atoms. The molecule has 0 unspecified atom stereocenters. The van der Waals surface area contributed by atoms with Crippen molar-refractivity contribution < 1.29 is 14.4 Å². The van der Waals surface area contributed by atoms with E-state index in [2.05, 4.69) is 4.98 Å². The first-order chi connectivity index (χ1) is 14.1. The van der Waals surface area contributed by atoms with E-state index in [1.54, 1.807) is 26.4 Å². The van der Waals surface area contributed by atoms with Crippen LogP contribution in [0, 0.1) is 10.1 Å². The lowest BCUT2D eigenvalue weighted by atomic mass is 10.0.